The van der Waals surface area contributed by atoms with E-state index >= 15 is 0 Å². The number of amides is 1. The molecule has 1 aromatic carbocycles. The number of para-hydroxylation sites is 1. The fourth-order valence-corrected chi connectivity index (χ4v) is 2.09. The lowest BCUT2D eigenvalue weighted by atomic mass is 10.0. The van der Waals surface area contributed by atoms with Gasteiger partial charge in [0, 0.05) is 0 Å². The number of nitrogens with one attached hydrogen (secondary N) is 1. The van der Waals surface area contributed by atoms with Crippen LogP contribution in [0, 0.1) is 12.8 Å². The molecule has 0 spiro atoms. The lowest BCUT2D eigenvalue weighted by molar-refractivity contribution is -0.119. The minimum atomic E-state index is -0.0657. The average Bonchev–Trinajstić information content (AvgIpc) is 2.70. The maximum absolute atomic E-state index is 12.0. The van der Waals surface area contributed by atoms with Crippen molar-refractivity contribution in [1.29, 1.82) is 0 Å². The molecule has 1 saturated heterocycles. The third kappa shape index (κ3) is 2.58. The van der Waals surface area contributed by atoms with Crippen molar-refractivity contribution in [1.82, 2.24) is 0 Å². The summed E-state index contributed by atoms with van der Waals surface area (Å²) < 4.78 is 5.39. The number of carbonyl (C=O) groups excluding carboxylic acids is 1. The summed E-state index contributed by atoms with van der Waals surface area (Å²) >= 11 is 0. The molecule has 1 aliphatic rings. The molecule has 0 aliphatic carbocycles. The van der Waals surface area contributed by atoms with Crippen LogP contribution in [0.5, 0.6) is 0 Å². The molecule has 1 fully saturated rings. The van der Waals surface area contributed by atoms with Gasteiger partial charge in [-0.1, -0.05) is 12.1 Å². The Kier molecular flexibility index (Phi) is 3.33. The van der Waals surface area contributed by atoms with Gasteiger partial charge in [-0.05, 0) is 31.9 Å². The second-order valence-corrected chi connectivity index (χ2v) is 4.60. The molecule has 3 N–H and O–H groups in total. The van der Waals surface area contributed by atoms with Crippen molar-refractivity contribution in [3.63, 3.8) is 0 Å². The molecule has 4 heteroatoms. The molecular weight excluding hydrogens is 216 g/mol. The monoisotopic (exact) mass is 234 g/mol. The Morgan fingerprint density at radius 1 is 1.53 bits per heavy atom. The van der Waals surface area contributed by atoms with Gasteiger partial charge in [0.25, 0.3) is 0 Å². The summed E-state index contributed by atoms with van der Waals surface area (Å²) in [5, 5.41) is 2.90. The van der Waals surface area contributed by atoms with Crippen LogP contribution in [0.2, 0.25) is 0 Å². The minimum Gasteiger partial charge on any atom is -0.397 e. The first-order valence-corrected chi connectivity index (χ1v) is 5.85. The molecule has 17 heavy (non-hydrogen) atoms. The summed E-state index contributed by atoms with van der Waals surface area (Å²) in [4.78, 5) is 12.0. The van der Waals surface area contributed by atoms with Gasteiger partial charge in [-0.3, -0.25) is 4.79 Å². The highest BCUT2D eigenvalue weighted by Crippen LogP contribution is 2.25. The Morgan fingerprint density at radius 3 is 2.88 bits per heavy atom. The number of aryl methyl sites for hydroxylation is 1. The molecule has 2 unspecified atom stereocenters. The third-order valence-corrected chi connectivity index (χ3v) is 3.12. The largest absolute Gasteiger partial charge is 0.397 e. The van der Waals surface area contributed by atoms with Gasteiger partial charge in [0.15, 0.2) is 0 Å². The Hall–Kier alpha value is -1.55. The number of hydrogen-bond donors (Lipinski definition) is 2. The topological polar surface area (TPSA) is 64.3 Å². The highest BCUT2D eigenvalue weighted by Gasteiger charge is 2.28. The van der Waals surface area contributed by atoms with E-state index in [-0.39, 0.29) is 17.9 Å². The number of benzene rings is 1. The number of nitrogen functional groups attached to an aromatic ring is 1. The number of nitrogens with two attached hydrogens (primary N) is 1. The van der Waals surface area contributed by atoms with Crippen LogP contribution in [0.3, 0.4) is 0 Å². The van der Waals surface area contributed by atoms with Crippen LogP contribution in [0.1, 0.15) is 18.9 Å². The fraction of sp³-hybridized carbons (Fsp3) is 0.462. The molecule has 1 aromatic rings. The van der Waals surface area contributed by atoms with E-state index in [1.54, 1.807) is 6.07 Å². The first-order chi connectivity index (χ1) is 8.08. The number of carbonyl (C=O) groups is 1. The predicted octanol–water partition coefficient (Wildman–Crippen LogP) is 1.94. The second kappa shape index (κ2) is 4.75. The summed E-state index contributed by atoms with van der Waals surface area (Å²) in [6.07, 6.45) is 0.942. The van der Waals surface area contributed by atoms with Crippen LogP contribution in [0.4, 0.5) is 11.4 Å². The van der Waals surface area contributed by atoms with E-state index in [1.807, 2.05) is 26.0 Å². The van der Waals surface area contributed by atoms with Gasteiger partial charge in [-0.15, -0.1) is 0 Å². The number of rotatable bonds is 2. The average molecular weight is 234 g/mol. The number of anilines is 2. The van der Waals surface area contributed by atoms with Gasteiger partial charge in [-0.2, -0.15) is 0 Å². The standard InChI is InChI=1S/C13H18N2O2/c1-8-4-3-5-11(14)12(8)15-13(16)10-6-9(2)17-7-10/h3-5,9-10H,6-7,14H2,1-2H3,(H,15,16). The van der Waals surface area contributed by atoms with E-state index in [9.17, 15) is 4.79 Å². The number of hydrogen-bond acceptors (Lipinski definition) is 3. The van der Waals surface area contributed by atoms with Gasteiger partial charge >= 0.3 is 0 Å². The van der Waals surface area contributed by atoms with E-state index in [4.69, 9.17) is 10.5 Å². The summed E-state index contributed by atoms with van der Waals surface area (Å²) in [6.45, 7) is 4.41. The van der Waals surface area contributed by atoms with Gasteiger partial charge in [0.05, 0.1) is 30.0 Å². The van der Waals surface area contributed by atoms with Gasteiger partial charge in [0.1, 0.15) is 0 Å². The lowest BCUT2D eigenvalue weighted by Gasteiger charge is -2.13. The molecular formula is C13H18N2O2. The smallest absolute Gasteiger partial charge is 0.229 e. The Morgan fingerprint density at radius 2 is 2.29 bits per heavy atom. The molecule has 0 aromatic heterocycles. The predicted molar refractivity (Wildman–Crippen MR) is 67.7 cm³/mol. The normalized spacial score (nSPS) is 23.6. The van der Waals surface area contributed by atoms with Gasteiger partial charge < -0.3 is 15.8 Å². The summed E-state index contributed by atoms with van der Waals surface area (Å²) in [6, 6.07) is 5.59. The first-order valence-electron chi connectivity index (χ1n) is 5.85. The van der Waals surface area contributed by atoms with Crippen LogP contribution in [-0.2, 0) is 9.53 Å². The first kappa shape index (κ1) is 11.9. The zero-order chi connectivity index (χ0) is 12.4. The maximum atomic E-state index is 12.0. The van der Waals surface area contributed by atoms with E-state index in [0.29, 0.717) is 12.3 Å². The highest BCUT2D eigenvalue weighted by molar-refractivity contribution is 5.96. The molecule has 0 saturated carbocycles. The van der Waals surface area contributed by atoms with Crippen molar-refractivity contribution in [3.8, 4) is 0 Å². The Bertz CT molecular complexity index is 411. The van der Waals surface area contributed by atoms with Crippen LogP contribution in [0.25, 0.3) is 0 Å². The van der Waals surface area contributed by atoms with Crippen molar-refractivity contribution in [2.75, 3.05) is 17.7 Å². The van der Waals surface area contributed by atoms with Crippen molar-refractivity contribution < 1.29 is 9.53 Å². The third-order valence-electron chi connectivity index (χ3n) is 3.12. The van der Waals surface area contributed by atoms with Crippen LogP contribution in [-0.4, -0.2) is 18.6 Å². The maximum Gasteiger partial charge on any atom is 0.229 e. The van der Waals surface area contributed by atoms with Crippen molar-refractivity contribution in [3.05, 3.63) is 23.8 Å². The Balaban J connectivity index is 2.08. The summed E-state index contributed by atoms with van der Waals surface area (Å²) in [5.41, 5.74) is 8.15. The molecule has 2 rings (SSSR count). The van der Waals surface area contributed by atoms with Crippen molar-refractivity contribution >= 4 is 17.3 Å². The van der Waals surface area contributed by atoms with Crippen LogP contribution < -0.4 is 11.1 Å². The zero-order valence-electron chi connectivity index (χ0n) is 10.2. The molecule has 2 atom stereocenters. The van der Waals surface area contributed by atoms with E-state index in [1.165, 1.54) is 0 Å². The summed E-state index contributed by atoms with van der Waals surface area (Å²) in [5.74, 6) is -0.0700. The molecule has 0 radical (unpaired) electrons. The van der Waals surface area contributed by atoms with Crippen molar-refractivity contribution in [2.45, 2.75) is 26.4 Å². The molecule has 0 bridgehead atoms. The Labute approximate surface area is 101 Å². The molecule has 1 amide bonds. The van der Waals surface area contributed by atoms with Gasteiger partial charge in [-0.25, -0.2) is 0 Å². The second-order valence-electron chi connectivity index (χ2n) is 4.60. The molecule has 1 heterocycles. The van der Waals surface area contributed by atoms with Gasteiger partial charge in [0.2, 0.25) is 5.91 Å². The molecule has 4 nitrogen and oxygen atoms in total. The van der Waals surface area contributed by atoms with E-state index in [0.717, 1.165) is 17.7 Å². The van der Waals surface area contributed by atoms with Crippen LogP contribution >= 0.6 is 0 Å². The van der Waals surface area contributed by atoms with Crippen molar-refractivity contribution in [2.24, 2.45) is 5.92 Å². The minimum absolute atomic E-state index is 0.00431. The SMILES string of the molecule is Cc1cccc(N)c1NC(=O)C1COC(C)C1. The zero-order valence-corrected chi connectivity index (χ0v) is 10.2. The van der Waals surface area contributed by atoms with E-state index < -0.39 is 0 Å². The molecule has 1 aliphatic heterocycles. The summed E-state index contributed by atoms with van der Waals surface area (Å²) in [7, 11) is 0. The highest BCUT2D eigenvalue weighted by atomic mass is 16.5. The quantitative estimate of drug-likeness (QED) is 0.769. The fourth-order valence-electron chi connectivity index (χ4n) is 2.09. The van der Waals surface area contributed by atoms with Crippen LogP contribution in [0.15, 0.2) is 18.2 Å². The van der Waals surface area contributed by atoms with E-state index in [2.05, 4.69) is 5.32 Å². The number of ether oxygens (including phenoxy) is 1. The molecule has 92 valence electrons. The lowest BCUT2D eigenvalue weighted by Crippen LogP contribution is -2.24.